The Bertz CT molecular complexity index is 776. The second-order valence-corrected chi connectivity index (χ2v) is 7.14. The highest BCUT2D eigenvalue weighted by atomic mass is 35.5. The van der Waals surface area contributed by atoms with E-state index in [-0.39, 0.29) is 10.9 Å². The molecule has 0 radical (unpaired) electrons. The molecule has 0 amide bonds. The van der Waals surface area contributed by atoms with Crippen LogP contribution in [0.1, 0.15) is 6.92 Å². The predicted molar refractivity (Wildman–Crippen MR) is 82.5 cm³/mol. The lowest BCUT2D eigenvalue weighted by molar-refractivity contribution is 0.281. The molecule has 0 aliphatic carbocycles. The van der Waals surface area contributed by atoms with E-state index in [1.165, 1.54) is 10.4 Å². The van der Waals surface area contributed by atoms with Gasteiger partial charge in [0, 0.05) is 5.02 Å². The second-order valence-electron chi connectivity index (χ2n) is 4.89. The smallest absolute Gasteiger partial charge is 0.264 e. The molecule has 0 saturated carbocycles. The summed E-state index contributed by atoms with van der Waals surface area (Å²) in [6, 6.07) is 13.1. The third-order valence-electron chi connectivity index (χ3n) is 3.34. The number of para-hydroxylation sites is 2. The first-order chi connectivity index (χ1) is 10.00. The highest BCUT2D eigenvalue weighted by Crippen LogP contribution is 2.37. The molecule has 110 valence electrons. The molecule has 4 nitrogen and oxygen atoms in total. The van der Waals surface area contributed by atoms with Gasteiger partial charge in [-0.25, -0.2) is 8.42 Å². The summed E-state index contributed by atoms with van der Waals surface area (Å²) in [5.41, 5.74) is 0.552. The Morgan fingerprint density at radius 3 is 2.71 bits per heavy atom. The van der Waals surface area contributed by atoms with Crippen LogP contribution >= 0.6 is 11.6 Å². The topological polar surface area (TPSA) is 46.6 Å². The number of hydrogen-bond donors (Lipinski definition) is 0. The molecule has 2 aromatic rings. The molecule has 1 unspecified atom stereocenters. The van der Waals surface area contributed by atoms with Crippen LogP contribution in [0, 0.1) is 0 Å². The van der Waals surface area contributed by atoms with Gasteiger partial charge in [0.2, 0.25) is 0 Å². The average Bonchev–Trinajstić information content (AvgIpc) is 2.46. The van der Waals surface area contributed by atoms with Gasteiger partial charge in [-0.2, -0.15) is 0 Å². The maximum atomic E-state index is 12.9. The summed E-state index contributed by atoms with van der Waals surface area (Å²) in [7, 11) is -3.68. The third kappa shape index (κ3) is 2.47. The Balaban J connectivity index is 2.15. The summed E-state index contributed by atoms with van der Waals surface area (Å²) < 4.78 is 32.8. The fourth-order valence-corrected chi connectivity index (χ4v) is 4.34. The lowest BCUT2D eigenvalue weighted by Gasteiger charge is -2.35. The van der Waals surface area contributed by atoms with Gasteiger partial charge >= 0.3 is 0 Å². The van der Waals surface area contributed by atoms with Crippen molar-refractivity contribution in [3.05, 3.63) is 53.6 Å². The second kappa shape index (κ2) is 5.24. The summed E-state index contributed by atoms with van der Waals surface area (Å²) in [5, 5.41) is 0.394. The predicted octanol–water partition coefficient (Wildman–Crippen LogP) is 3.32. The normalized spacial score (nSPS) is 18.0. The minimum absolute atomic E-state index is 0.179. The number of nitrogens with zero attached hydrogens (tertiary/aromatic N) is 1. The molecule has 6 heteroatoms. The van der Waals surface area contributed by atoms with Gasteiger partial charge in [0.1, 0.15) is 12.4 Å². The van der Waals surface area contributed by atoms with Crippen LogP contribution < -0.4 is 9.04 Å². The number of fused-ring (bicyclic) bond motifs is 1. The van der Waals surface area contributed by atoms with Crippen LogP contribution in [-0.2, 0) is 10.0 Å². The van der Waals surface area contributed by atoms with Crippen LogP contribution in [0.4, 0.5) is 5.69 Å². The van der Waals surface area contributed by atoms with E-state index in [9.17, 15) is 8.42 Å². The van der Waals surface area contributed by atoms with Crippen molar-refractivity contribution in [2.75, 3.05) is 10.9 Å². The van der Waals surface area contributed by atoms with Gasteiger partial charge in [-0.3, -0.25) is 4.31 Å². The summed E-state index contributed by atoms with van der Waals surface area (Å²) in [6.45, 7) is 2.13. The lowest BCUT2D eigenvalue weighted by atomic mass is 10.2. The Kier molecular flexibility index (Phi) is 3.55. The molecular weight excluding hydrogens is 310 g/mol. The zero-order valence-electron chi connectivity index (χ0n) is 11.4. The SMILES string of the molecule is CC1COc2ccccc2N1S(=O)(=O)c1cccc(Cl)c1. The van der Waals surface area contributed by atoms with Crippen molar-refractivity contribution < 1.29 is 13.2 Å². The maximum Gasteiger partial charge on any atom is 0.264 e. The zero-order valence-corrected chi connectivity index (χ0v) is 12.9. The van der Waals surface area contributed by atoms with Crippen LogP contribution in [0.5, 0.6) is 5.75 Å². The van der Waals surface area contributed by atoms with Crippen molar-refractivity contribution in [2.24, 2.45) is 0 Å². The number of halogens is 1. The zero-order chi connectivity index (χ0) is 15.0. The fraction of sp³-hybridized carbons (Fsp3) is 0.200. The molecule has 0 saturated heterocycles. The third-order valence-corrected chi connectivity index (χ3v) is 5.50. The molecule has 0 fully saturated rings. The van der Waals surface area contributed by atoms with Crippen LogP contribution in [0.2, 0.25) is 5.02 Å². The van der Waals surface area contributed by atoms with E-state index in [2.05, 4.69) is 0 Å². The summed E-state index contributed by atoms with van der Waals surface area (Å²) >= 11 is 5.92. The van der Waals surface area contributed by atoms with E-state index in [1.807, 2.05) is 13.0 Å². The fourth-order valence-electron chi connectivity index (χ4n) is 2.38. The van der Waals surface area contributed by atoms with Gasteiger partial charge in [0.05, 0.1) is 16.6 Å². The van der Waals surface area contributed by atoms with Crippen LogP contribution in [0.15, 0.2) is 53.4 Å². The molecular formula is C15H14ClNO3S. The number of rotatable bonds is 2. The van der Waals surface area contributed by atoms with Gasteiger partial charge in [-0.15, -0.1) is 0 Å². The molecule has 2 aromatic carbocycles. The molecule has 0 bridgehead atoms. The first-order valence-electron chi connectivity index (χ1n) is 6.52. The lowest BCUT2D eigenvalue weighted by Crippen LogP contribution is -2.44. The number of benzene rings is 2. The summed E-state index contributed by atoms with van der Waals surface area (Å²) in [6.07, 6.45) is 0. The van der Waals surface area contributed by atoms with Crippen LogP contribution in [-0.4, -0.2) is 21.1 Å². The summed E-state index contributed by atoms with van der Waals surface area (Å²) in [5.74, 6) is 0.571. The van der Waals surface area contributed by atoms with Crippen LogP contribution in [0.25, 0.3) is 0 Å². The van der Waals surface area contributed by atoms with Gasteiger partial charge in [0.15, 0.2) is 0 Å². The Hall–Kier alpha value is -1.72. The first-order valence-corrected chi connectivity index (χ1v) is 8.34. The van der Waals surface area contributed by atoms with E-state index in [4.69, 9.17) is 16.3 Å². The molecule has 0 spiro atoms. The molecule has 1 aliphatic heterocycles. The van der Waals surface area contributed by atoms with E-state index < -0.39 is 10.0 Å². The molecule has 0 aromatic heterocycles. The van der Waals surface area contributed by atoms with Gasteiger partial charge in [-0.1, -0.05) is 29.8 Å². The summed E-state index contributed by atoms with van der Waals surface area (Å²) in [4.78, 5) is 0.179. The quantitative estimate of drug-likeness (QED) is 0.851. The largest absolute Gasteiger partial charge is 0.489 e. The molecule has 3 rings (SSSR count). The first kappa shape index (κ1) is 14.2. The monoisotopic (exact) mass is 323 g/mol. The minimum Gasteiger partial charge on any atom is -0.489 e. The van der Waals surface area contributed by atoms with Gasteiger partial charge in [0.25, 0.3) is 10.0 Å². The van der Waals surface area contributed by atoms with Crippen molar-refractivity contribution in [1.29, 1.82) is 0 Å². The van der Waals surface area contributed by atoms with Crippen molar-refractivity contribution in [1.82, 2.24) is 0 Å². The van der Waals surface area contributed by atoms with Crippen molar-refractivity contribution in [3.63, 3.8) is 0 Å². The highest BCUT2D eigenvalue weighted by molar-refractivity contribution is 7.92. The Labute approximate surface area is 129 Å². The molecule has 1 aliphatic rings. The average molecular weight is 324 g/mol. The number of anilines is 1. The molecule has 1 heterocycles. The molecule has 21 heavy (non-hydrogen) atoms. The Morgan fingerprint density at radius 1 is 1.19 bits per heavy atom. The van der Waals surface area contributed by atoms with Gasteiger partial charge in [-0.05, 0) is 37.3 Å². The number of hydrogen-bond acceptors (Lipinski definition) is 3. The highest BCUT2D eigenvalue weighted by Gasteiger charge is 2.34. The minimum atomic E-state index is -3.68. The molecule has 1 atom stereocenters. The maximum absolute atomic E-state index is 12.9. The van der Waals surface area contributed by atoms with Crippen molar-refractivity contribution in [3.8, 4) is 5.75 Å². The van der Waals surface area contributed by atoms with E-state index in [0.29, 0.717) is 23.1 Å². The molecule has 0 N–H and O–H groups in total. The Morgan fingerprint density at radius 2 is 1.95 bits per heavy atom. The number of sulfonamides is 1. The van der Waals surface area contributed by atoms with Gasteiger partial charge < -0.3 is 4.74 Å². The standard InChI is InChI=1S/C15H14ClNO3S/c1-11-10-20-15-8-3-2-7-14(15)17(11)21(18,19)13-6-4-5-12(16)9-13/h2-9,11H,10H2,1H3. The van der Waals surface area contributed by atoms with Crippen molar-refractivity contribution in [2.45, 2.75) is 17.9 Å². The van der Waals surface area contributed by atoms with E-state index in [1.54, 1.807) is 36.4 Å². The van der Waals surface area contributed by atoms with E-state index in [0.717, 1.165) is 0 Å². The number of ether oxygens (including phenoxy) is 1. The van der Waals surface area contributed by atoms with Crippen LogP contribution in [0.3, 0.4) is 0 Å². The van der Waals surface area contributed by atoms with Crippen molar-refractivity contribution >= 4 is 27.3 Å². The van der Waals surface area contributed by atoms with E-state index >= 15 is 0 Å².